The summed E-state index contributed by atoms with van der Waals surface area (Å²) < 4.78 is 0. The summed E-state index contributed by atoms with van der Waals surface area (Å²) in [6, 6.07) is 28.6. The van der Waals surface area contributed by atoms with Gasteiger partial charge in [-0.15, -0.1) is 0 Å². The second-order valence-electron chi connectivity index (χ2n) is 10.1. The minimum absolute atomic E-state index is 0.133. The Kier molecular flexibility index (Phi) is 6.17. The van der Waals surface area contributed by atoms with Gasteiger partial charge in [0.05, 0.1) is 0 Å². The van der Waals surface area contributed by atoms with Crippen LogP contribution in [0.1, 0.15) is 41.5 Å². The van der Waals surface area contributed by atoms with Crippen LogP contribution in [0, 0.1) is 16.7 Å². The van der Waals surface area contributed by atoms with Gasteiger partial charge >= 0.3 is 0 Å². The van der Waals surface area contributed by atoms with E-state index in [-0.39, 0.29) is 22.7 Å². The van der Waals surface area contributed by atoms with Crippen molar-refractivity contribution in [2.24, 2.45) is 16.7 Å². The van der Waals surface area contributed by atoms with Crippen LogP contribution in [0.3, 0.4) is 0 Å². The van der Waals surface area contributed by atoms with Crippen molar-refractivity contribution in [1.29, 1.82) is 0 Å². The number of nitrogens with zero attached hydrogens (tertiary/aromatic N) is 1. The molecule has 0 N–H and O–H groups in total. The standard InChI is InChI=1S/C28H33NO/c1-27(2,3)25(28(4,5)6)26(30)29(23-15-11-8-12-16-23)24-19-17-22(18-20-24)21-13-9-7-10-14-21/h7-20,25H,1-6H3. The molecular formula is C28H33NO. The number of hydrogen-bond donors (Lipinski definition) is 0. The number of benzene rings is 3. The van der Waals surface area contributed by atoms with Crippen LogP contribution in [0.4, 0.5) is 11.4 Å². The Balaban J connectivity index is 2.07. The minimum atomic E-state index is -0.160. The van der Waals surface area contributed by atoms with E-state index in [2.05, 4.69) is 77.9 Å². The first kappa shape index (κ1) is 21.8. The van der Waals surface area contributed by atoms with Crippen molar-refractivity contribution in [2.75, 3.05) is 4.90 Å². The molecule has 0 fully saturated rings. The fourth-order valence-electron chi connectivity index (χ4n) is 4.58. The van der Waals surface area contributed by atoms with E-state index in [1.54, 1.807) is 0 Å². The van der Waals surface area contributed by atoms with Gasteiger partial charge in [0.15, 0.2) is 0 Å². The molecule has 0 aliphatic rings. The smallest absolute Gasteiger partial charge is 0.235 e. The molecule has 3 aromatic rings. The Bertz CT molecular complexity index is 947. The summed E-state index contributed by atoms with van der Waals surface area (Å²) in [5.41, 5.74) is 3.78. The maximum atomic E-state index is 14.0. The molecule has 0 aromatic heterocycles. The fraction of sp³-hybridized carbons (Fsp3) is 0.321. The average molecular weight is 400 g/mol. The van der Waals surface area contributed by atoms with Crippen LogP contribution < -0.4 is 4.90 Å². The first-order valence-electron chi connectivity index (χ1n) is 10.6. The van der Waals surface area contributed by atoms with Crippen molar-refractivity contribution < 1.29 is 4.79 Å². The van der Waals surface area contributed by atoms with Crippen molar-refractivity contribution in [1.82, 2.24) is 0 Å². The Hall–Kier alpha value is -2.87. The Labute approximate surface area is 181 Å². The van der Waals surface area contributed by atoms with E-state index in [9.17, 15) is 4.79 Å². The van der Waals surface area contributed by atoms with Crippen LogP contribution in [0.25, 0.3) is 11.1 Å². The predicted octanol–water partition coefficient (Wildman–Crippen LogP) is 7.73. The van der Waals surface area contributed by atoms with Crippen LogP contribution >= 0.6 is 0 Å². The highest BCUT2D eigenvalue weighted by molar-refractivity contribution is 6.02. The third-order valence-corrected chi connectivity index (χ3v) is 5.45. The lowest BCUT2D eigenvalue weighted by Crippen LogP contribution is -2.45. The largest absolute Gasteiger partial charge is 0.281 e. The van der Waals surface area contributed by atoms with E-state index in [1.807, 2.05) is 53.4 Å². The average Bonchev–Trinajstić information content (AvgIpc) is 2.68. The number of carbonyl (C=O) groups excluding carboxylic acids is 1. The maximum absolute atomic E-state index is 14.0. The van der Waals surface area contributed by atoms with Gasteiger partial charge in [-0.3, -0.25) is 9.69 Å². The normalized spacial score (nSPS) is 12.1. The van der Waals surface area contributed by atoms with Gasteiger partial charge in [-0.1, -0.05) is 102 Å². The van der Waals surface area contributed by atoms with Crippen LogP contribution in [0.5, 0.6) is 0 Å². The van der Waals surface area contributed by atoms with Crippen molar-refractivity contribution >= 4 is 17.3 Å². The quantitative estimate of drug-likeness (QED) is 0.439. The Morgan fingerprint density at radius 1 is 0.600 bits per heavy atom. The number of anilines is 2. The molecule has 0 radical (unpaired) electrons. The summed E-state index contributed by atoms with van der Waals surface area (Å²) in [5.74, 6) is -0.00679. The summed E-state index contributed by atoms with van der Waals surface area (Å²) in [5, 5.41) is 0. The fourth-order valence-corrected chi connectivity index (χ4v) is 4.58. The van der Waals surface area contributed by atoms with Gasteiger partial charge in [0.25, 0.3) is 0 Å². The summed E-state index contributed by atoms with van der Waals surface area (Å²) in [4.78, 5) is 15.9. The molecular weight excluding hydrogens is 366 g/mol. The number of carbonyl (C=O) groups is 1. The molecule has 3 aromatic carbocycles. The third-order valence-electron chi connectivity index (χ3n) is 5.45. The molecule has 3 rings (SSSR count). The van der Waals surface area contributed by atoms with Crippen molar-refractivity contribution in [2.45, 2.75) is 41.5 Å². The summed E-state index contributed by atoms with van der Waals surface area (Å²) in [6.45, 7) is 12.9. The molecule has 0 aliphatic carbocycles. The molecule has 1 amide bonds. The molecule has 2 nitrogen and oxygen atoms in total. The van der Waals surface area contributed by atoms with E-state index in [0.29, 0.717) is 0 Å². The minimum Gasteiger partial charge on any atom is -0.281 e. The van der Waals surface area contributed by atoms with Crippen molar-refractivity contribution in [3.05, 3.63) is 84.9 Å². The lowest BCUT2D eigenvalue weighted by Gasteiger charge is -2.42. The molecule has 0 saturated carbocycles. The van der Waals surface area contributed by atoms with Gasteiger partial charge in [-0.2, -0.15) is 0 Å². The van der Waals surface area contributed by atoms with Gasteiger partial charge in [0.1, 0.15) is 0 Å². The Morgan fingerprint density at radius 3 is 1.47 bits per heavy atom. The molecule has 0 unspecified atom stereocenters. The lowest BCUT2D eigenvalue weighted by molar-refractivity contribution is -0.129. The summed E-state index contributed by atoms with van der Waals surface area (Å²) >= 11 is 0. The highest BCUT2D eigenvalue weighted by Gasteiger charge is 2.43. The SMILES string of the molecule is CC(C)(C)C(C(=O)N(c1ccccc1)c1ccc(-c2ccccc2)cc1)C(C)(C)C. The zero-order valence-corrected chi connectivity index (χ0v) is 19.0. The topological polar surface area (TPSA) is 20.3 Å². The van der Waals surface area contributed by atoms with Gasteiger partial charge in [0.2, 0.25) is 5.91 Å². The van der Waals surface area contributed by atoms with Crippen LogP contribution in [-0.2, 0) is 4.79 Å². The van der Waals surface area contributed by atoms with E-state index >= 15 is 0 Å². The van der Waals surface area contributed by atoms with Gasteiger partial charge < -0.3 is 0 Å². The number of para-hydroxylation sites is 1. The molecule has 0 heterocycles. The molecule has 156 valence electrons. The van der Waals surface area contributed by atoms with E-state index < -0.39 is 0 Å². The van der Waals surface area contributed by atoms with Crippen molar-refractivity contribution in [3.8, 4) is 11.1 Å². The van der Waals surface area contributed by atoms with E-state index in [1.165, 1.54) is 5.56 Å². The van der Waals surface area contributed by atoms with E-state index in [4.69, 9.17) is 0 Å². The maximum Gasteiger partial charge on any atom is 0.235 e. The van der Waals surface area contributed by atoms with Gasteiger partial charge in [-0.05, 0) is 46.2 Å². The molecule has 30 heavy (non-hydrogen) atoms. The molecule has 0 atom stereocenters. The van der Waals surface area contributed by atoms with Crippen LogP contribution in [0.15, 0.2) is 84.9 Å². The Morgan fingerprint density at radius 2 is 1.00 bits per heavy atom. The van der Waals surface area contributed by atoms with Crippen molar-refractivity contribution in [3.63, 3.8) is 0 Å². The first-order chi connectivity index (χ1) is 14.1. The molecule has 2 heteroatoms. The van der Waals surface area contributed by atoms with Crippen LogP contribution in [-0.4, -0.2) is 5.91 Å². The highest BCUT2D eigenvalue weighted by Crippen LogP contribution is 2.43. The summed E-state index contributed by atoms with van der Waals surface area (Å²) in [7, 11) is 0. The molecule has 0 aliphatic heterocycles. The number of rotatable bonds is 4. The number of hydrogen-bond acceptors (Lipinski definition) is 1. The van der Waals surface area contributed by atoms with Gasteiger partial charge in [0, 0.05) is 17.3 Å². The highest BCUT2D eigenvalue weighted by atomic mass is 16.2. The predicted molar refractivity (Wildman–Crippen MR) is 128 cm³/mol. The number of amides is 1. The van der Waals surface area contributed by atoms with E-state index in [0.717, 1.165) is 16.9 Å². The lowest BCUT2D eigenvalue weighted by atomic mass is 9.66. The monoisotopic (exact) mass is 399 g/mol. The third kappa shape index (κ3) is 4.81. The second kappa shape index (κ2) is 8.47. The molecule has 0 bridgehead atoms. The first-order valence-corrected chi connectivity index (χ1v) is 10.6. The summed E-state index contributed by atoms with van der Waals surface area (Å²) in [6.07, 6.45) is 0. The zero-order valence-electron chi connectivity index (χ0n) is 19.0. The van der Waals surface area contributed by atoms with Gasteiger partial charge in [-0.25, -0.2) is 0 Å². The van der Waals surface area contributed by atoms with Crippen LogP contribution in [0.2, 0.25) is 0 Å². The molecule has 0 saturated heterocycles. The second-order valence-corrected chi connectivity index (χ2v) is 10.1. The zero-order chi connectivity index (χ0) is 21.9. The molecule has 0 spiro atoms.